The van der Waals surface area contributed by atoms with Crippen LogP contribution in [0, 0.1) is 0 Å². The lowest BCUT2D eigenvalue weighted by molar-refractivity contribution is -0.197. The van der Waals surface area contributed by atoms with Gasteiger partial charge in [-0.25, -0.2) is 13.2 Å². The average molecular weight is 365 g/mol. The van der Waals surface area contributed by atoms with Gasteiger partial charge >= 0.3 is 5.97 Å². The highest BCUT2D eigenvalue weighted by atomic mass is 33.1. The molecule has 0 saturated carbocycles. The van der Waals surface area contributed by atoms with Crippen LogP contribution in [0.15, 0.2) is 0 Å². The van der Waals surface area contributed by atoms with E-state index in [1.165, 1.54) is 0 Å². The number of hydrogen-bond donors (Lipinski definition) is 0. The van der Waals surface area contributed by atoms with Gasteiger partial charge in [0, 0.05) is 25.0 Å². The molecule has 0 aliphatic carbocycles. The predicted molar refractivity (Wildman–Crippen MR) is 86.8 cm³/mol. The van der Waals surface area contributed by atoms with Crippen LogP contribution in [0.5, 0.6) is 0 Å². The van der Waals surface area contributed by atoms with E-state index in [0.717, 1.165) is 36.5 Å². The Morgan fingerprint density at radius 3 is 2.26 bits per heavy atom. The van der Waals surface area contributed by atoms with Crippen LogP contribution in [-0.4, -0.2) is 42.8 Å². The topological polar surface area (TPSA) is 97.8 Å². The van der Waals surface area contributed by atoms with E-state index in [1.807, 2.05) is 0 Å². The molecule has 0 unspecified atom stereocenters. The molecule has 1 heterocycles. The fraction of sp³-hybridized carbons (Fsp3) is 0.786. The maximum Gasteiger partial charge on any atom is 0.333 e. The number of unbranched alkanes of at least 4 members (excludes halogenated alkanes) is 4. The minimum absolute atomic E-state index is 0.0951. The van der Waals surface area contributed by atoms with Crippen molar-refractivity contribution in [3.8, 4) is 0 Å². The van der Waals surface area contributed by atoms with Crippen molar-refractivity contribution in [3.05, 3.63) is 0 Å². The van der Waals surface area contributed by atoms with Gasteiger partial charge in [-0.15, -0.1) is 5.06 Å². The van der Waals surface area contributed by atoms with Gasteiger partial charge < -0.3 is 4.84 Å². The van der Waals surface area contributed by atoms with E-state index in [1.54, 1.807) is 6.92 Å². The molecule has 0 aromatic heterocycles. The van der Waals surface area contributed by atoms with Crippen LogP contribution >= 0.6 is 10.8 Å². The van der Waals surface area contributed by atoms with Gasteiger partial charge in [0.25, 0.3) is 11.8 Å². The molecule has 0 spiro atoms. The van der Waals surface area contributed by atoms with Crippen LogP contribution < -0.4 is 0 Å². The Hall–Kier alpha value is -1.09. The number of rotatable bonds is 11. The summed E-state index contributed by atoms with van der Waals surface area (Å²) < 4.78 is 22.5. The quantitative estimate of drug-likeness (QED) is 0.314. The monoisotopic (exact) mass is 365 g/mol. The second kappa shape index (κ2) is 9.92. The second-order valence-electron chi connectivity index (χ2n) is 5.23. The van der Waals surface area contributed by atoms with Crippen molar-refractivity contribution in [1.29, 1.82) is 0 Å². The van der Waals surface area contributed by atoms with Crippen molar-refractivity contribution in [3.63, 3.8) is 0 Å². The Labute approximate surface area is 140 Å². The first kappa shape index (κ1) is 20.0. The Bertz CT molecular complexity index is 515. The minimum atomic E-state index is -2.95. The normalized spacial score (nSPS) is 15.3. The summed E-state index contributed by atoms with van der Waals surface area (Å²) in [4.78, 5) is 38.8. The molecule has 0 bridgehead atoms. The maximum atomic E-state index is 11.5. The fourth-order valence-corrected chi connectivity index (χ4v) is 4.33. The fourth-order valence-electron chi connectivity index (χ4n) is 1.98. The van der Waals surface area contributed by atoms with Crippen LogP contribution in [0.3, 0.4) is 0 Å². The molecule has 7 nitrogen and oxygen atoms in total. The molecule has 1 saturated heterocycles. The molecule has 23 heavy (non-hydrogen) atoms. The SMILES string of the molecule is CCS(=O)(=O)SCCCCCCCC(=O)ON1C(=O)CCC1=O. The van der Waals surface area contributed by atoms with E-state index in [9.17, 15) is 22.8 Å². The lowest BCUT2D eigenvalue weighted by atomic mass is 10.1. The Morgan fingerprint density at radius 2 is 1.65 bits per heavy atom. The zero-order chi connectivity index (χ0) is 17.3. The van der Waals surface area contributed by atoms with E-state index in [-0.39, 0.29) is 25.0 Å². The summed E-state index contributed by atoms with van der Waals surface area (Å²) in [6.07, 6.45) is 4.43. The smallest absolute Gasteiger partial charge is 0.330 e. The van der Waals surface area contributed by atoms with Crippen molar-refractivity contribution in [2.45, 2.75) is 58.3 Å². The van der Waals surface area contributed by atoms with E-state index >= 15 is 0 Å². The number of hydroxylamine groups is 2. The molecule has 0 N–H and O–H groups in total. The third kappa shape index (κ3) is 7.83. The molecule has 1 fully saturated rings. The largest absolute Gasteiger partial charge is 0.333 e. The molecular weight excluding hydrogens is 342 g/mol. The second-order valence-corrected chi connectivity index (χ2v) is 9.80. The molecule has 1 aliphatic heterocycles. The molecular formula is C14H23NO6S2. The molecule has 0 aromatic carbocycles. The lowest BCUT2D eigenvalue weighted by Gasteiger charge is -2.12. The summed E-state index contributed by atoms with van der Waals surface area (Å²) in [5.41, 5.74) is 0. The van der Waals surface area contributed by atoms with Crippen molar-refractivity contribution in [2.75, 3.05) is 11.5 Å². The lowest BCUT2D eigenvalue weighted by Crippen LogP contribution is -2.31. The van der Waals surface area contributed by atoms with Gasteiger partial charge in [-0.05, 0) is 23.6 Å². The Morgan fingerprint density at radius 1 is 1.09 bits per heavy atom. The van der Waals surface area contributed by atoms with E-state index in [4.69, 9.17) is 4.84 Å². The number of hydrogen-bond acceptors (Lipinski definition) is 7. The highest BCUT2D eigenvalue weighted by Crippen LogP contribution is 2.17. The van der Waals surface area contributed by atoms with Gasteiger partial charge in [0.15, 0.2) is 0 Å². The third-order valence-corrected chi connectivity index (χ3v) is 7.15. The number of amides is 2. The van der Waals surface area contributed by atoms with Crippen molar-refractivity contribution >= 4 is 37.4 Å². The van der Waals surface area contributed by atoms with Crippen molar-refractivity contribution in [1.82, 2.24) is 5.06 Å². The van der Waals surface area contributed by atoms with Crippen molar-refractivity contribution < 1.29 is 27.6 Å². The highest BCUT2D eigenvalue weighted by Gasteiger charge is 2.32. The molecule has 0 radical (unpaired) electrons. The zero-order valence-electron chi connectivity index (χ0n) is 13.3. The standard InChI is InChI=1S/C14H23NO6S2/c1-2-23(19,20)22-11-7-5-3-4-6-8-14(18)21-15-12(16)9-10-13(15)17/h2-11H2,1H3. The predicted octanol–water partition coefficient (Wildman–Crippen LogP) is 2.02. The Balaban J connectivity index is 2.01. The molecule has 9 heteroatoms. The van der Waals surface area contributed by atoms with Gasteiger partial charge in [0.2, 0.25) is 8.87 Å². The van der Waals surface area contributed by atoms with Crippen LogP contribution in [0.25, 0.3) is 0 Å². The number of carbonyl (C=O) groups is 3. The summed E-state index contributed by atoms with van der Waals surface area (Å²) in [7, 11) is -1.96. The first-order valence-corrected chi connectivity index (χ1v) is 10.9. The minimum Gasteiger partial charge on any atom is -0.330 e. The Kier molecular flexibility index (Phi) is 8.60. The highest BCUT2D eigenvalue weighted by molar-refractivity contribution is 8.72. The first-order valence-electron chi connectivity index (χ1n) is 7.79. The summed E-state index contributed by atoms with van der Waals surface area (Å²) in [5.74, 6) is -0.761. The molecule has 132 valence electrons. The summed E-state index contributed by atoms with van der Waals surface area (Å²) in [5, 5.41) is 0.563. The zero-order valence-corrected chi connectivity index (χ0v) is 14.9. The number of nitrogens with zero attached hydrogens (tertiary/aromatic N) is 1. The summed E-state index contributed by atoms with van der Waals surface area (Å²) >= 11 is 0. The van der Waals surface area contributed by atoms with Crippen LogP contribution in [-0.2, 0) is 28.1 Å². The molecule has 1 rings (SSSR count). The van der Waals surface area contributed by atoms with Gasteiger partial charge in [-0.1, -0.05) is 26.2 Å². The van der Waals surface area contributed by atoms with Crippen molar-refractivity contribution in [2.24, 2.45) is 0 Å². The molecule has 0 atom stereocenters. The van der Waals surface area contributed by atoms with Crippen LogP contribution in [0.1, 0.15) is 58.3 Å². The van der Waals surface area contributed by atoms with Gasteiger partial charge in [0.1, 0.15) is 0 Å². The number of imide groups is 1. The van der Waals surface area contributed by atoms with Crippen LogP contribution in [0.2, 0.25) is 0 Å². The summed E-state index contributed by atoms with van der Waals surface area (Å²) in [6, 6.07) is 0. The molecule has 1 aliphatic rings. The van der Waals surface area contributed by atoms with Gasteiger partial charge in [-0.2, -0.15) is 0 Å². The van der Waals surface area contributed by atoms with E-state index < -0.39 is 26.7 Å². The van der Waals surface area contributed by atoms with Gasteiger partial charge in [-0.3, -0.25) is 9.59 Å². The first-order chi connectivity index (χ1) is 10.9. The maximum absolute atomic E-state index is 11.5. The van der Waals surface area contributed by atoms with Gasteiger partial charge in [0.05, 0.1) is 5.75 Å². The number of carbonyl (C=O) groups excluding carboxylic acids is 3. The van der Waals surface area contributed by atoms with E-state index in [2.05, 4.69) is 0 Å². The molecule has 0 aromatic rings. The average Bonchev–Trinajstić information content (AvgIpc) is 2.81. The summed E-state index contributed by atoms with van der Waals surface area (Å²) in [6.45, 7) is 1.63. The third-order valence-electron chi connectivity index (χ3n) is 3.34. The van der Waals surface area contributed by atoms with Crippen LogP contribution in [0.4, 0.5) is 0 Å². The molecule has 2 amide bonds. The van der Waals surface area contributed by atoms with E-state index in [0.29, 0.717) is 17.2 Å².